The van der Waals surface area contributed by atoms with Crippen molar-refractivity contribution in [1.29, 1.82) is 0 Å². The number of hydrogen-bond donors (Lipinski definition) is 1. The van der Waals surface area contributed by atoms with E-state index in [-0.39, 0.29) is 18.3 Å². The summed E-state index contributed by atoms with van der Waals surface area (Å²) in [6.45, 7) is 2.09. The molecule has 3 aromatic rings. The largest absolute Gasteiger partial charge is 0.466 e. The molecule has 0 unspecified atom stereocenters. The molecule has 1 saturated carbocycles. The van der Waals surface area contributed by atoms with Gasteiger partial charge in [-0.3, -0.25) is 9.59 Å². The van der Waals surface area contributed by atoms with Crippen LogP contribution in [0.2, 0.25) is 0 Å². The van der Waals surface area contributed by atoms with Crippen molar-refractivity contribution in [3.63, 3.8) is 0 Å². The van der Waals surface area contributed by atoms with Gasteiger partial charge in [0.15, 0.2) is 10.9 Å². The van der Waals surface area contributed by atoms with Crippen LogP contribution in [0.5, 0.6) is 0 Å². The van der Waals surface area contributed by atoms with Crippen molar-refractivity contribution < 1.29 is 18.8 Å². The lowest BCUT2D eigenvalue weighted by molar-refractivity contribution is -0.142. The molecule has 1 aromatic carbocycles. The number of amides is 1. The maximum Gasteiger partial charge on any atom is 0.311 e. The summed E-state index contributed by atoms with van der Waals surface area (Å²) in [7, 11) is 0. The fourth-order valence-electron chi connectivity index (χ4n) is 2.99. The first-order chi connectivity index (χ1) is 13.6. The number of ether oxygens (including phenoxy) is 1. The Morgan fingerprint density at radius 1 is 1.29 bits per heavy atom. The van der Waals surface area contributed by atoms with Crippen molar-refractivity contribution in [3.8, 4) is 11.3 Å². The van der Waals surface area contributed by atoms with Crippen molar-refractivity contribution in [3.05, 3.63) is 53.2 Å². The first kappa shape index (κ1) is 18.4. The minimum Gasteiger partial charge on any atom is -0.466 e. The van der Waals surface area contributed by atoms with E-state index in [1.54, 1.807) is 12.3 Å². The summed E-state index contributed by atoms with van der Waals surface area (Å²) in [6, 6.07) is 11.5. The molecule has 0 saturated heterocycles. The minimum atomic E-state index is -0.677. The Bertz CT molecular complexity index is 992. The molecule has 0 aliphatic heterocycles. The number of carbonyl (C=O) groups is 2. The highest BCUT2D eigenvalue weighted by atomic mass is 32.1. The van der Waals surface area contributed by atoms with Crippen molar-refractivity contribution >= 4 is 28.3 Å². The van der Waals surface area contributed by atoms with Crippen LogP contribution in [0, 0.1) is 0 Å². The number of nitrogens with zero attached hydrogens (tertiary/aromatic N) is 2. The summed E-state index contributed by atoms with van der Waals surface area (Å²) < 4.78 is 10.4. The van der Waals surface area contributed by atoms with Gasteiger partial charge < -0.3 is 14.6 Å². The highest BCUT2D eigenvalue weighted by Crippen LogP contribution is 2.49. The first-order valence-corrected chi connectivity index (χ1v) is 9.93. The van der Waals surface area contributed by atoms with Gasteiger partial charge in [0.25, 0.3) is 0 Å². The Hall–Kier alpha value is -3.00. The molecule has 8 heteroatoms. The van der Waals surface area contributed by atoms with Gasteiger partial charge >= 0.3 is 5.97 Å². The molecule has 4 rings (SSSR count). The summed E-state index contributed by atoms with van der Waals surface area (Å²) in [6.07, 6.45) is 1.51. The number of rotatable bonds is 7. The Kier molecular flexibility index (Phi) is 4.95. The number of hydrogen-bond acceptors (Lipinski definition) is 7. The molecule has 0 atom stereocenters. The number of esters is 1. The third kappa shape index (κ3) is 3.68. The highest BCUT2D eigenvalue weighted by molar-refractivity contribution is 7.14. The summed E-state index contributed by atoms with van der Waals surface area (Å²) in [4.78, 5) is 28.7. The maximum absolute atomic E-state index is 12.9. The van der Waals surface area contributed by atoms with Crippen LogP contribution >= 0.6 is 11.3 Å². The van der Waals surface area contributed by atoms with E-state index in [0.29, 0.717) is 41.7 Å². The van der Waals surface area contributed by atoms with Crippen LogP contribution in [0.3, 0.4) is 0 Å². The van der Waals surface area contributed by atoms with Gasteiger partial charge in [0, 0.05) is 17.0 Å². The zero-order valence-corrected chi connectivity index (χ0v) is 16.1. The van der Waals surface area contributed by atoms with Gasteiger partial charge in [-0.15, -0.1) is 11.3 Å². The lowest BCUT2D eigenvalue weighted by atomic mass is 10.0. The highest BCUT2D eigenvalue weighted by Gasteiger charge is 2.54. The zero-order valence-electron chi connectivity index (χ0n) is 15.3. The Labute approximate surface area is 165 Å². The van der Waals surface area contributed by atoms with E-state index in [0.717, 1.165) is 5.56 Å². The van der Waals surface area contributed by atoms with E-state index in [1.807, 2.05) is 36.4 Å². The predicted molar refractivity (Wildman–Crippen MR) is 104 cm³/mol. The van der Waals surface area contributed by atoms with Gasteiger partial charge in [-0.1, -0.05) is 35.5 Å². The molecule has 0 radical (unpaired) electrons. The summed E-state index contributed by atoms with van der Waals surface area (Å²) >= 11 is 1.28. The van der Waals surface area contributed by atoms with Gasteiger partial charge in [0.2, 0.25) is 5.91 Å². The molecule has 1 fully saturated rings. The summed E-state index contributed by atoms with van der Waals surface area (Å²) in [5.41, 5.74) is 1.45. The second-order valence-electron chi connectivity index (χ2n) is 6.60. The van der Waals surface area contributed by atoms with Gasteiger partial charge in [-0.25, -0.2) is 4.98 Å². The molecule has 7 nitrogen and oxygen atoms in total. The Balaban J connectivity index is 1.45. The topological polar surface area (TPSA) is 94.3 Å². The smallest absolute Gasteiger partial charge is 0.311 e. The lowest BCUT2D eigenvalue weighted by Crippen LogP contribution is -2.28. The van der Waals surface area contributed by atoms with E-state index in [2.05, 4.69) is 15.5 Å². The number of nitrogens with one attached hydrogen (secondary N) is 1. The van der Waals surface area contributed by atoms with Crippen LogP contribution in [0.25, 0.3) is 11.3 Å². The van der Waals surface area contributed by atoms with E-state index in [9.17, 15) is 9.59 Å². The van der Waals surface area contributed by atoms with E-state index in [4.69, 9.17) is 9.26 Å². The average molecular weight is 397 g/mol. The van der Waals surface area contributed by atoms with Crippen molar-refractivity contribution in [2.24, 2.45) is 0 Å². The summed E-state index contributed by atoms with van der Waals surface area (Å²) in [5.74, 6) is 0.151. The number of aromatic nitrogens is 2. The van der Waals surface area contributed by atoms with Crippen LogP contribution < -0.4 is 5.32 Å². The third-order valence-corrected chi connectivity index (χ3v) is 5.45. The number of thiazole rings is 1. The fraction of sp³-hybridized carbons (Fsp3) is 0.300. The Morgan fingerprint density at radius 3 is 2.79 bits per heavy atom. The zero-order chi connectivity index (χ0) is 19.6. The average Bonchev–Trinajstić information content (AvgIpc) is 3.15. The monoisotopic (exact) mass is 397 g/mol. The molecular weight excluding hydrogens is 378 g/mol. The van der Waals surface area contributed by atoms with Crippen LogP contribution in [0.4, 0.5) is 5.13 Å². The third-order valence-electron chi connectivity index (χ3n) is 4.65. The van der Waals surface area contributed by atoms with Crippen molar-refractivity contribution in [2.45, 2.75) is 31.6 Å². The van der Waals surface area contributed by atoms with E-state index >= 15 is 0 Å². The maximum atomic E-state index is 12.9. The number of anilines is 1. The molecule has 0 spiro atoms. The van der Waals surface area contributed by atoms with Crippen molar-refractivity contribution in [1.82, 2.24) is 10.1 Å². The number of carbonyl (C=O) groups excluding carboxylic acids is 2. The normalized spacial score (nSPS) is 14.5. The van der Waals surface area contributed by atoms with E-state index < -0.39 is 5.41 Å². The van der Waals surface area contributed by atoms with Gasteiger partial charge in [-0.05, 0) is 19.8 Å². The first-order valence-electron chi connectivity index (χ1n) is 9.05. The summed E-state index contributed by atoms with van der Waals surface area (Å²) in [5, 5.41) is 9.20. The molecule has 1 amide bonds. The van der Waals surface area contributed by atoms with Gasteiger partial charge in [-0.2, -0.15) is 0 Å². The molecule has 1 aliphatic carbocycles. The second kappa shape index (κ2) is 7.55. The van der Waals surface area contributed by atoms with Crippen LogP contribution in [0.15, 0.2) is 46.3 Å². The quantitative estimate of drug-likeness (QED) is 0.613. The lowest BCUT2D eigenvalue weighted by Gasteiger charge is -2.10. The molecule has 0 bridgehead atoms. The van der Waals surface area contributed by atoms with Gasteiger partial charge in [0.1, 0.15) is 0 Å². The van der Waals surface area contributed by atoms with E-state index in [1.165, 1.54) is 11.3 Å². The standard InChI is InChI=1S/C20H19N3O4S/c1-2-26-17(24)10-14-12-28-19(21-14)22-18(25)20(8-9-20)16-11-15(27-23-16)13-6-4-3-5-7-13/h3-7,11-12H,2,8-10H2,1H3,(H,21,22,25). The molecule has 2 aromatic heterocycles. The predicted octanol–water partition coefficient (Wildman–Crippen LogP) is 3.57. The molecule has 1 N–H and O–H groups in total. The van der Waals surface area contributed by atoms with Gasteiger partial charge in [0.05, 0.1) is 29.8 Å². The minimum absolute atomic E-state index is 0.0923. The second-order valence-corrected chi connectivity index (χ2v) is 7.46. The molecular formula is C20H19N3O4S. The Morgan fingerprint density at radius 2 is 2.07 bits per heavy atom. The molecule has 2 heterocycles. The number of benzene rings is 1. The van der Waals surface area contributed by atoms with Crippen LogP contribution in [0.1, 0.15) is 31.2 Å². The van der Waals surface area contributed by atoms with Crippen molar-refractivity contribution in [2.75, 3.05) is 11.9 Å². The van der Waals surface area contributed by atoms with Crippen LogP contribution in [-0.4, -0.2) is 28.6 Å². The fourth-order valence-corrected chi connectivity index (χ4v) is 3.69. The molecule has 1 aliphatic rings. The van der Waals surface area contributed by atoms with Crippen LogP contribution in [-0.2, 0) is 26.2 Å². The molecule has 144 valence electrons. The SMILES string of the molecule is CCOC(=O)Cc1csc(NC(=O)C2(c3cc(-c4ccccc4)on3)CC2)n1. The molecule has 28 heavy (non-hydrogen) atoms.